The van der Waals surface area contributed by atoms with Gasteiger partial charge in [-0.15, -0.1) is 0 Å². The predicted molar refractivity (Wildman–Crippen MR) is 66.5 cm³/mol. The van der Waals surface area contributed by atoms with Crippen LogP contribution in [0.1, 0.15) is 41.0 Å². The molecule has 0 aromatic carbocycles. The highest BCUT2D eigenvalue weighted by atomic mass is 16.5. The number of hydrogen-bond donors (Lipinski definition) is 1. The standard InChI is InChI=1S/C13H27NO2/c1-9-11(14(6)7)13(5,15)8-10(16-9)12(2,3)4/h9-11,15H,8H2,1-7H3. The second-order valence-electron chi connectivity index (χ2n) is 6.67. The minimum absolute atomic E-state index is 0.0583. The lowest BCUT2D eigenvalue weighted by molar-refractivity contribution is -0.199. The van der Waals surface area contributed by atoms with Crippen molar-refractivity contribution in [3.05, 3.63) is 0 Å². The fraction of sp³-hybridized carbons (Fsp3) is 1.00. The zero-order chi connectivity index (χ0) is 12.7. The van der Waals surface area contributed by atoms with E-state index in [-0.39, 0.29) is 23.7 Å². The van der Waals surface area contributed by atoms with E-state index >= 15 is 0 Å². The van der Waals surface area contributed by atoms with E-state index in [1.54, 1.807) is 0 Å². The normalized spacial score (nSPS) is 41.4. The Morgan fingerprint density at radius 2 is 1.81 bits per heavy atom. The van der Waals surface area contributed by atoms with Gasteiger partial charge in [0.2, 0.25) is 0 Å². The molecule has 1 aliphatic heterocycles. The molecular formula is C13H27NO2. The van der Waals surface area contributed by atoms with Gasteiger partial charge in [-0.1, -0.05) is 20.8 Å². The van der Waals surface area contributed by atoms with Crippen molar-refractivity contribution in [2.75, 3.05) is 14.1 Å². The van der Waals surface area contributed by atoms with Gasteiger partial charge in [0, 0.05) is 6.42 Å². The van der Waals surface area contributed by atoms with E-state index in [1.807, 2.05) is 21.0 Å². The maximum Gasteiger partial charge on any atom is 0.0824 e. The first-order valence-electron chi connectivity index (χ1n) is 6.10. The summed E-state index contributed by atoms with van der Waals surface area (Å²) in [5, 5.41) is 10.6. The summed E-state index contributed by atoms with van der Waals surface area (Å²) >= 11 is 0. The van der Waals surface area contributed by atoms with Crippen LogP contribution < -0.4 is 0 Å². The summed E-state index contributed by atoms with van der Waals surface area (Å²) in [5.41, 5.74) is -0.603. The largest absolute Gasteiger partial charge is 0.388 e. The van der Waals surface area contributed by atoms with Crippen LogP contribution in [-0.4, -0.2) is 48.0 Å². The van der Waals surface area contributed by atoms with E-state index in [2.05, 4.69) is 32.6 Å². The molecule has 0 saturated carbocycles. The van der Waals surface area contributed by atoms with Crippen molar-refractivity contribution >= 4 is 0 Å². The van der Waals surface area contributed by atoms with E-state index in [0.29, 0.717) is 6.42 Å². The molecular weight excluding hydrogens is 202 g/mol. The molecule has 0 radical (unpaired) electrons. The molecule has 0 bridgehead atoms. The third-order valence-electron chi connectivity index (χ3n) is 3.58. The van der Waals surface area contributed by atoms with Gasteiger partial charge in [-0.25, -0.2) is 0 Å². The molecule has 0 aromatic rings. The van der Waals surface area contributed by atoms with E-state index < -0.39 is 5.60 Å². The van der Waals surface area contributed by atoms with Gasteiger partial charge in [-0.2, -0.15) is 0 Å². The first-order valence-corrected chi connectivity index (χ1v) is 6.10. The molecule has 4 atom stereocenters. The van der Waals surface area contributed by atoms with Crippen LogP contribution in [0.5, 0.6) is 0 Å². The van der Waals surface area contributed by atoms with Crippen LogP contribution in [0.25, 0.3) is 0 Å². The molecule has 3 heteroatoms. The van der Waals surface area contributed by atoms with Crippen LogP contribution in [-0.2, 0) is 4.74 Å². The Balaban J connectivity index is 2.88. The third-order valence-corrected chi connectivity index (χ3v) is 3.58. The third kappa shape index (κ3) is 2.76. The van der Waals surface area contributed by atoms with Crippen LogP contribution in [0.15, 0.2) is 0 Å². The van der Waals surface area contributed by atoms with Gasteiger partial charge in [0.15, 0.2) is 0 Å². The fourth-order valence-electron chi connectivity index (χ4n) is 2.87. The van der Waals surface area contributed by atoms with Crippen molar-refractivity contribution in [1.29, 1.82) is 0 Å². The van der Waals surface area contributed by atoms with Crippen molar-refractivity contribution in [2.24, 2.45) is 5.41 Å². The summed E-state index contributed by atoms with van der Waals surface area (Å²) in [4.78, 5) is 2.06. The van der Waals surface area contributed by atoms with Crippen LogP contribution >= 0.6 is 0 Å². The Morgan fingerprint density at radius 1 is 1.31 bits per heavy atom. The summed E-state index contributed by atoms with van der Waals surface area (Å²) in [6.07, 6.45) is 0.876. The molecule has 1 aliphatic rings. The Bertz CT molecular complexity index is 243. The minimum atomic E-state index is -0.681. The maximum absolute atomic E-state index is 10.6. The first-order chi connectivity index (χ1) is 7.05. The Hall–Kier alpha value is -0.120. The molecule has 1 N–H and O–H groups in total. The smallest absolute Gasteiger partial charge is 0.0824 e. The SMILES string of the molecule is CC1OC(C(C)(C)C)CC(C)(O)C1N(C)C. The molecule has 96 valence electrons. The predicted octanol–water partition coefficient (Wildman–Crippen LogP) is 1.89. The molecule has 0 aliphatic carbocycles. The van der Waals surface area contributed by atoms with Crippen molar-refractivity contribution in [1.82, 2.24) is 4.90 Å². The van der Waals surface area contributed by atoms with Gasteiger partial charge in [-0.05, 0) is 33.4 Å². The van der Waals surface area contributed by atoms with Crippen molar-refractivity contribution in [3.8, 4) is 0 Å². The Labute approximate surface area is 99.8 Å². The van der Waals surface area contributed by atoms with Crippen molar-refractivity contribution in [3.63, 3.8) is 0 Å². The lowest BCUT2D eigenvalue weighted by Crippen LogP contribution is -2.62. The number of nitrogens with zero attached hydrogens (tertiary/aromatic N) is 1. The lowest BCUT2D eigenvalue weighted by Gasteiger charge is -2.50. The highest BCUT2D eigenvalue weighted by Gasteiger charge is 2.47. The first kappa shape index (κ1) is 13.9. The summed E-state index contributed by atoms with van der Waals surface area (Å²) in [7, 11) is 3.99. The van der Waals surface area contributed by atoms with E-state index in [0.717, 1.165) is 0 Å². The molecule has 1 fully saturated rings. The molecule has 1 rings (SSSR count). The zero-order valence-electron chi connectivity index (χ0n) is 11.7. The maximum atomic E-state index is 10.6. The monoisotopic (exact) mass is 229 g/mol. The molecule has 0 spiro atoms. The van der Waals surface area contributed by atoms with Crippen LogP contribution in [0.3, 0.4) is 0 Å². The summed E-state index contributed by atoms with van der Waals surface area (Å²) in [6.45, 7) is 10.5. The average Bonchev–Trinajstić information content (AvgIpc) is 1.97. The van der Waals surface area contributed by atoms with Gasteiger partial charge in [0.1, 0.15) is 0 Å². The van der Waals surface area contributed by atoms with Gasteiger partial charge >= 0.3 is 0 Å². The Morgan fingerprint density at radius 3 is 2.12 bits per heavy atom. The highest BCUT2D eigenvalue weighted by molar-refractivity contribution is 5.00. The number of hydrogen-bond acceptors (Lipinski definition) is 3. The van der Waals surface area contributed by atoms with Crippen LogP contribution in [0.4, 0.5) is 0 Å². The lowest BCUT2D eigenvalue weighted by atomic mass is 9.75. The van der Waals surface area contributed by atoms with Crippen LogP contribution in [0, 0.1) is 5.41 Å². The fourth-order valence-corrected chi connectivity index (χ4v) is 2.87. The molecule has 0 aromatic heterocycles. The number of likely N-dealkylation sites (N-methyl/N-ethyl adjacent to an activating group) is 1. The average molecular weight is 229 g/mol. The molecule has 16 heavy (non-hydrogen) atoms. The molecule has 0 amide bonds. The van der Waals surface area contributed by atoms with E-state index in [4.69, 9.17) is 4.74 Å². The van der Waals surface area contributed by atoms with Crippen molar-refractivity contribution in [2.45, 2.75) is 64.9 Å². The van der Waals surface area contributed by atoms with E-state index in [1.165, 1.54) is 0 Å². The second-order valence-corrected chi connectivity index (χ2v) is 6.67. The highest BCUT2D eigenvalue weighted by Crippen LogP contribution is 2.38. The topological polar surface area (TPSA) is 32.7 Å². The summed E-state index contributed by atoms with van der Waals surface area (Å²) in [6, 6.07) is 0.0612. The zero-order valence-corrected chi connectivity index (χ0v) is 11.7. The molecule has 1 heterocycles. The number of rotatable bonds is 1. The number of aliphatic hydroxyl groups is 1. The minimum Gasteiger partial charge on any atom is -0.388 e. The molecule has 3 nitrogen and oxygen atoms in total. The molecule has 1 saturated heterocycles. The summed E-state index contributed by atoms with van der Waals surface area (Å²) < 4.78 is 6.06. The second kappa shape index (κ2) is 4.28. The van der Waals surface area contributed by atoms with Crippen molar-refractivity contribution < 1.29 is 9.84 Å². The Kier molecular flexibility index (Phi) is 3.73. The van der Waals surface area contributed by atoms with Crippen LogP contribution in [0.2, 0.25) is 0 Å². The molecule has 4 unspecified atom stereocenters. The quantitative estimate of drug-likeness (QED) is 0.745. The van der Waals surface area contributed by atoms with Gasteiger partial charge in [0.25, 0.3) is 0 Å². The van der Waals surface area contributed by atoms with Gasteiger partial charge in [-0.3, -0.25) is 0 Å². The van der Waals surface area contributed by atoms with E-state index in [9.17, 15) is 5.11 Å². The number of ether oxygens (including phenoxy) is 1. The summed E-state index contributed by atoms with van der Waals surface area (Å²) in [5.74, 6) is 0. The van der Waals surface area contributed by atoms with Gasteiger partial charge in [0.05, 0.1) is 23.9 Å². The van der Waals surface area contributed by atoms with Gasteiger partial charge < -0.3 is 14.7 Å².